The van der Waals surface area contributed by atoms with E-state index in [2.05, 4.69) is 158 Å². The van der Waals surface area contributed by atoms with Crippen LogP contribution in [0.25, 0.3) is 56.4 Å². The Labute approximate surface area is 321 Å². The molecule has 6 aromatic carbocycles. The summed E-state index contributed by atoms with van der Waals surface area (Å²) in [5.41, 5.74) is 15.5. The smallest absolute Gasteiger partial charge is 0.156 e. The molecule has 0 N–H and O–H groups in total. The van der Waals surface area contributed by atoms with E-state index in [9.17, 15) is 0 Å². The topological polar surface area (TPSA) is 47.4 Å². The summed E-state index contributed by atoms with van der Waals surface area (Å²) in [5.74, 6) is 2.38. The summed E-state index contributed by atoms with van der Waals surface area (Å²) in [6.45, 7) is 6.01. The van der Waals surface area contributed by atoms with Gasteiger partial charge in [-0.15, -0.1) is 0 Å². The average molecular weight is 708 g/mol. The summed E-state index contributed by atoms with van der Waals surface area (Å²) in [6, 6.07) is 49.7. The Morgan fingerprint density at radius 1 is 0.636 bits per heavy atom. The Morgan fingerprint density at radius 3 is 1.95 bits per heavy atom. The lowest BCUT2D eigenvalue weighted by molar-refractivity contribution is 0.437. The monoisotopic (exact) mass is 707 g/mol. The van der Waals surface area contributed by atoms with Gasteiger partial charge < -0.3 is 4.74 Å². The molecule has 0 atom stereocenters. The second-order valence-corrected chi connectivity index (χ2v) is 14.2. The fourth-order valence-electron chi connectivity index (χ4n) is 8.76. The van der Waals surface area contributed by atoms with E-state index < -0.39 is 5.41 Å². The molecular formula is C51H37N3O. The van der Waals surface area contributed by atoms with Crippen LogP contribution in [0.3, 0.4) is 0 Å². The number of benzene rings is 6. The zero-order valence-electron chi connectivity index (χ0n) is 30.5. The van der Waals surface area contributed by atoms with E-state index in [0.717, 1.165) is 91.8 Å². The summed E-state index contributed by atoms with van der Waals surface area (Å²) in [5, 5.41) is 0. The van der Waals surface area contributed by atoms with Crippen molar-refractivity contribution in [1.29, 1.82) is 0 Å². The van der Waals surface area contributed by atoms with Gasteiger partial charge in [0.2, 0.25) is 0 Å². The van der Waals surface area contributed by atoms with Crippen molar-refractivity contribution in [3.8, 4) is 56.3 Å². The van der Waals surface area contributed by atoms with Crippen LogP contribution in [-0.4, -0.2) is 16.2 Å². The number of hydrogen-bond donors (Lipinski definition) is 0. The third kappa shape index (κ3) is 5.17. The van der Waals surface area contributed by atoms with Crippen molar-refractivity contribution in [2.45, 2.75) is 25.2 Å². The molecule has 0 fully saturated rings. The van der Waals surface area contributed by atoms with Gasteiger partial charge in [0.05, 0.1) is 22.5 Å². The maximum atomic E-state index is 7.11. The molecule has 0 amide bonds. The quantitative estimate of drug-likeness (QED) is 0.162. The molecule has 1 aliphatic heterocycles. The van der Waals surface area contributed by atoms with E-state index in [1.54, 1.807) is 0 Å². The van der Waals surface area contributed by atoms with Crippen molar-refractivity contribution in [3.05, 3.63) is 198 Å². The molecule has 1 aromatic heterocycles. The minimum atomic E-state index is -0.591. The molecule has 0 bridgehead atoms. The lowest BCUT2D eigenvalue weighted by atomic mass is 9.65. The van der Waals surface area contributed by atoms with Gasteiger partial charge in [-0.1, -0.05) is 152 Å². The van der Waals surface area contributed by atoms with Crippen LogP contribution in [-0.2, 0) is 5.41 Å². The highest BCUT2D eigenvalue weighted by atomic mass is 16.5. The predicted octanol–water partition coefficient (Wildman–Crippen LogP) is 13.0. The largest absolute Gasteiger partial charge is 0.457 e. The summed E-state index contributed by atoms with van der Waals surface area (Å²) in [7, 11) is 0. The Kier molecular flexibility index (Phi) is 7.85. The number of rotatable bonds is 6. The number of aliphatic imine (C=N–C) groups is 1. The molecule has 4 heteroatoms. The van der Waals surface area contributed by atoms with Crippen molar-refractivity contribution >= 4 is 23.6 Å². The molecule has 10 rings (SSSR count). The van der Waals surface area contributed by atoms with Crippen LogP contribution in [0, 0.1) is 0 Å². The van der Waals surface area contributed by atoms with E-state index in [1.165, 1.54) is 22.3 Å². The second-order valence-electron chi connectivity index (χ2n) is 14.2. The Bertz CT molecular complexity index is 2730. The van der Waals surface area contributed by atoms with Gasteiger partial charge in [-0.2, -0.15) is 0 Å². The molecule has 2 heterocycles. The van der Waals surface area contributed by atoms with Crippen molar-refractivity contribution in [2.75, 3.05) is 0 Å². The third-order valence-corrected chi connectivity index (χ3v) is 11.2. The molecule has 4 nitrogen and oxygen atoms in total. The van der Waals surface area contributed by atoms with Gasteiger partial charge in [0, 0.05) is 39.6 Å². The number of allylic oxidation sites excluding steroid dienone is 4. The summed E-state index contributed by atoms with van der Waals surface area (Å²) in [4.78, 5) is 15.1. The Hall–Kier alpha value is -6.91. The molecule has 1 spiro atoms. The fraction of sp³-hybridized carbons (Fsp3) is 0.0784. The molecule has 7 aromatic rings. The zero-order valence-corrected chi connectivity index (χ0v) is 30.5. The van der Waals surface area contributed by atoms with Crippen molar-refractivity contribution < 1.29 is 4.74 Å². The standard InChI is InChI=1S/C51H37N3O/c1-3-33-20-15-23-38(49(33)52-4-2)36-26-28-43-47(30-36)55-48-31-37(27-29-44(48)51(43)41-24-13-11-21-39(41)40-22-12-14-25-42(40)51)46-32-45(34-16-7-5-8-17-34)53-50(54-46)35-18-9-6-10-19-35/h3-9,11-18,20-32H,1,10,19H2,2H3. The van der Waals surface area contributed by atoms with Crippen LogP contribution in [0.15, 0.2) is 169 Å². The van der Waals surface area contributed by atoms with Gasteiger partial charge in [-0.3, -0.25) is 4.99 Å². The first-order valence-electron chi connectivity index (χ1n) is 18.9. The van der Waals surface area contributed by atoms with Gasteiger partial charge in [-0.05, 0) is 71.4 Å². The minimum absolute atomic E-state index is 0.591. The normalized spacial score (nSPS) is 14.5. The van der Waals surface area contributed by atoms with Crippen LogP contribution in [0.2, 0.25) is 0 Å². The fourth-order valence-corrected chi connectivity index (χ4v) is 8.76. The highest BCUT2D eigenvalue weighted by Gasteiger charge is 2.51. The molecule has 0 saturated carbocycles. The molecule has 0 radical (unpaired) electrons. The van der Waals surface area contributed by atoms with Crippen LogP contribution >= 0.6 is 0 Å². The second kappa shape index (κ2) is 13.2. The summed E-state index contributed by atoms with van der Waals surface area (Å²) in [6.07, 6.45) is 12.0. The zero-order chi connectivity index (χ0) is 36.9. The number of aromatic nitrogens is 2. The number of nitrogens with zero attached hydrogens (tertiary/aromatic N) is 3. The van der Waals surface area contributed by atoms with Crippen LogP contribution in [0.4, 0.5) is 5.69 Å². The van der Waals surface area contributed by atoms with E-state index in [1.807, 2.05) is 25.3 Å². The van der Waals surface area contributed by atoms with Gasteiger partial charge in [0.15, 0.2) is 5.82 Å². The number of fused-ring (bicyclic) bond motifs is 9. The molecular weight excluding hydrogens is 671 g/mol. The highest BCUT2D eigenvalue weighted by Crippen LogP contribution is 2.62. The first-order valence-corrected chi connectivity index (χ1v) is 18.9. The van der Waals surface area contributed by atoms with Crippen LogP contribution < -0.4 is 4.74 Å². The molecule has 3 aliphatic rings. The number of para-hydroxylation sites is 1. The van der Waals surface area contributed by atoms with Crippen molar-refractivity contribution in [3.63, 3.8) is 0 Å². The first kappa shape index (κ1) is 32.7. The molecule has 262 valence electrons. The molecule has 2 aliphatic carbocycles. The Morgan fingerprint density at radius 2 is 1.27 bits per heavy atom. The third-order valence-electron chi connectivity index (χ3n) is 11.2. The molecule has 0 unspecified atom stereocenters. The highest BCUT2D eigenvalue weighted by molar-refractivity contribution is 5.91. The first-order chi connectivity index (χ1) is 27.2. The van der Waals surface area contributed by atoms with Crippen LogP contribution in [0.5, 0.6) is 11.5 Å². The van der Waals surface area contributed by atoms with Crippen molar-refractivity contribution in [2.24, 2.45) is 4.99 Å². The van der Waals surface area contributed by atoms with Crippen LogP contribution in [0.1, 0.15) is 53.4 Å². The number of ether oxygens (including phenoxy) is 1. The van der Waals surface area contributed by atoms with E-state index in [4.69, 9.17) is 19.7 Å². The van der Waals surface area contributed by atoms with Gasteiger partial charge in [-0.25, -0.2) is 9.97 Å². The lowest BCUT2D eigenvalue weighted by Gasteiger charge is -2.39. The maximum Gasteiger partial charge on any atom is 0.156 e. The minimum Gasteiger partial charge on any atom is -0.457 e. The predicted molar refractivity (Wildman–Crippen MR) is 226 cm³/mol. The van der Waals surface area contributed by atoms with E-state index >= 15 is 0 Å². The van der Waals surface area contributed by atoms with Gasteiger partial charge in [0.1, 0.15) is 11.5 Å². The maximum absolute atomic E-state index is 7.11. The van der Waals surface area contributed by atoms with Gasteiger partial charge in [0.25, 0.3) is 0 Å². The average Bonchev–Trinajstić information content (AvgIpc) is 3.54. The SMILES string of the molecule is C=Cc1cccc(-c2ccc3c(c2)Oc2cc(-c4cc(-c5ccccc5)nc(C5=CC=CCC5)n4)ccc2C32c3ccccc3-c3ccccc32)c1N=CC. The summed E-state index contributed by atoms with van der Waals surface area (Å²) < 4.78 is 7.11. The van der Waals surface area contributed by atoms with E-state index in [-0.39, 0.29) is 0 Å². The number of hydrogen-bond acceptors (Lipinski definition) is 4. The Balaban J connectivity index is 1.21. The molecule has 0 saturated heterocycles. The van der Waals surface area contributed by atoms with Crippen molar-refractivity contribution in [1.82, 2.24) is 9.97 Å². The molecule has 55 heavy (non-hydrogen) atoms. The van der Waals surface area contributed by atoms with Gasteiger partial charge >= 0.3 is 0 Å². The summed E-state index contributed by atoms with van der Waals surface area (Å²) >= 11 is 0. The van der Waals surface area contributed by atoms with E-state index in [0.29, 0.717) is 0 Å². The lowest BCUT2D eigenvalue weighted by Crippen LogP contribution is -2.32.